The highest BCUT2D eigenvalue weighted by atomic mass is 16.5. The van der Waals surface area contributed by atoms with Crippen LogP contribution in [0.1, 0.15) is 42.2 Å². The summed E-state index contributed by atoms with van der Waals surface area (Å²) in [6, 6.07) is 18.1. The van der Waals surface area contributed by atoms with Gasteiger partial charge in [-0.15, -0.1) is 0 Å². The zero-order valence-electron chi connectivity index (χ0n) is 22.8. The topological polar surface area (TPSA) is 96.0 Å². The number of methoxy groups -OCH3 is 1. The molecule has 4 aromatic rings. The molecule has 204 valence electrons. The van der Waals surface area contributed by atoms with Gasteiger partial charge in [-0.2, -0.15) is 0 Å². The number of carbonyl (C=O) groups excluding carboxylic acids is 1. The van der Waals surface area contributed by atoms with Crippen molar-refractivity contribution in [2.24, 2.45) is 11.7 Å². The SMILES string of the molecule is CCOC(=O)Cc1ccc(OC)cc1OCc1c(C)oc2c(NCC3CC3)cc(-c3cccc(CN)c3)cc12. The van der Waals surface area contributed by atoms with Crippen molar-refractivity contribution in [3.8, 4) is 22.6 Å². The number of hydrogen-bond donors (Lipinski definition) is 2. The molecule has 7 heteroatoms. The molecule has 1 aromatic heterocycles. The van der Waals surface area contributed by atoms with Gasteiger partial charge in [0, 0.05) is 35.7 Å². The minimum Gasteiger partial charge on any atom is -0.497 e. The Bertz CT molecular complexity index is 1470. The van der Waals surface area contributed by atoms with Gasteiger partial charge in [0.25, 0.3) is 0 Å². The number of carbonyl (C=O) groups is 1. The Morgan fingerprint density at radius 1 is 1.10 bits per heavy atom. The van der Waals surface area contributed by atoms with Crippen LogP contribution in [-0.2, 0) is 29.1 Å². The number of anilines is 1. The summed E-state index contributed by atoms with van der Waals surface area (Å²) in [7, 11) is 1.61. The van der Waals surface area contributed by atoms with Gasteiger partial charge in [0.05, 0.1) is 25.8 Å². The Kier molecular flexibility index (Phi) is 8.07. The molecular formula is C32H36N2O5. The molecule has 0 bridgehead atoms. The summed E-state index contributed by atoms with van der Waals surface area (Å²) in [6.07, 6.45) is 2.65. The number of benzene rings is 3. The van der Waals surface area contributed by atoms with Crippen molar-refractivity contribution in [1.82, 2.24) is 0 Å². The second kappa shape index (κ2) is 11.8. The van der Waals surface area contributed by atoms with Gasteiger partial charge in [-0.25, -0.2) is 0 Å². The van der Waals surface area contributed by atoms with Crippen molar-refractivity contribution in [2.45, 2.75) is 46.3 Å². The lowest BCUT2D eigenvalue weighted by Crippen LogP contribution is -2.09. The van der Waals surface area contributed by atoms with Crippen molar-refractivity contribution in [1.29, 1.82) is 0 Å². The number of fused-ring (bicyclic) bond motifs is 1. The maximum atomic E-state index is 12.2. The number of esters is 1. The Morgan fingerprint density at radius 2 is 1.95 bits per heavy atom. The average molecular weight is 529 g/mol. The summed E-state index contributed by atoms with van der Waals surface area (Å²) in [5.41, 5.74) is 12.7. The van der Waals surface area contributed by atoms with Gasteiger partial charge in [-0.05, 0) is 73.6 Å². The molecule has 0 aliphatic heterocycles. The molecule has 3 aromatic carbocycles. The predicted octanol–water partition coefficient (Wildman–Crippen LogP) is 6.38. The van der Waals surface area contributed by atoms with Gasteiger partial charge < -0.3 is 29.7 Å². The van der Waals surface area contributed by atoms with Crippen LogP contribution in [0.2, 0.25) is 0 Å². The summed E-state index contributed by atoms with van der Waals surface area (Å²) in [5, 5.41) is 4.63. The van der Waals surface area contributed by atoms with Crippen molar-refractivity contribution in [2.75, 3.05) is 25.6 Å². The first-order valence-electron chi connectivity index (χ1n) is 13.5. The van der Waals surface area contributed by atoms with Crippen molar-refractivity contribution in [3.05, 3.63) is 77.0 Å². The maximum Gasteiger partial charge on any atom is 0.310 e. The molecule has 0 saturated heterocycles. The fourth-order valence-corrected chi connectivity index (χ4v) is 4.76. The van der Waals surface area contributed by atoms with E-state index in [0.717, 1.165) is 56.8 Å². The number of furan rings is 1. The van der Waals surface area contributed by atoms with Gasteiger partial charge in [-0.3, -0.25) is 4.79 Å². The molecule has 0 atom stereocenters. The molecule has 1 aliphatic carbocycles. The first kappa shape index (κ1) is 26.6. The molecule has 1 saturated carbocycles. The highest BCUT2D eigenvalue weighted by molar-refractivity contribution is 5.96. The molecule has 0 spiro atoms. The summed E-state index contributed by atoms with van der Waals surface area (Å²) >= 11 is 0. The van der Waals surface area contributed by atoms with Crippen LogP contribution in [0.15, 0.2) is 59.0 Å². The molecule has 1 heterocycles. The minimum atomic E-state index is -0.298. The highest BCUT2D eigenvalue weighted by Crippen LogP contribution is 2.38. The molecule has 0 amide bonds. The zero-order valence-corrected chi connectivity index (χ0v) is 22.8. The second-order valence-electron chi connectivity index (χ2n) is 10.0. The third-order valence-electron chi connectivity index (χ3n) is 7.15. The number of aryl methyl sites for hydroxylation is 1. The molecule has 0 unspecified atom stereocenters. The number of nitrogens with two attached hydrogens (primary N) is 1. The Balaban J connectivity index is 1.51. The molecule has 1 fully saturated rings. The molecule has 39 heavy (non-hydrogen) atoms. The van der Waals surface area contributed by atoms with E-state index in [1.54, 1.807) is 20.1 Å². The number of rotatable bonds is 12. The van der Waals surface area contributed by atoms with Crippen LogP contribution in [0.3, 0.4) is 0 Å². The van der Waals surface area contributed by atoms with Crippen molar-refractivity contribution >= 4 is 22.6 Å². The number of nitrogens with one attached hydrogen (secondary N) is 1. The van der Waals surface area contributed by atoms with E-state index in [0.29, 0.717) is 30.6 Å². The molecular weight excluding hydrogens is 492 g/mol. The van der Waals surface area contributed by atoms with E-state index < -0.39 is 0 Å². The van der Waals surface area contributed by atoms with Crippen LogP contribution in [0, 0.1) is 12.8 Å². The standard InChI is InChI=1S/C32H36N2O5/c1-4-37-31(35)15-24-10-11-26(36-3)16-30(24)38-19-28-20(2)39-32-27(28)13-25(14-29(32)34-18-21-8-9-21)23-7-5-6-22(12-23)17-33/h5-7,10-14,16,21,34H,4,8-9,15,17-19,33H2,1-3H3. The quantitative estimate of drug-likeness (QED) is 0.206. The Labute approximate surface area is 229 Å². The van der Waals surface area contributed by atoms with Crippen LogP contribution >= 0.6 is 0 Å². The number of ether oxygens (including phenoxy) is 3. The molecule has 5 rings (SSSR count). The van der Waals surface area contributed by atoms with E-state index >= 15 is 0 Å². The lowest BCUT2D eigenvalue weighted by molar-refractivity contribution is -0.142. The van der Waals surface area contributed by atoms with E-state index in [2.05, 4.69) is 29.6 Å². The lowest BCUT2D eigenvalue weighted by atomic mass is 9.99. The summed E-state index contributed by atoms with van der Waals surface area (Å²) in [5.74, 6) is 2.44. The average Bonchev–Trinajstić information content (AvgIpc) is 3.72. The molecule has 1 aliphatic rings. The zero-order chi connectivity index (χ0) is 27.4. The fraction of sp³-hybridized carbons (Fsp3) is 0.344. The Morgan fingerprint density at radius 3 is 2.69 bits per heavy atom. The number of hydrogen-bond acceptors (Lipinski definition) is 7. The van der Waals surface area contributed by atoms with Crippen molar-refractivity contribution in [3.63, 3.8) is 0 Å². The Hall–Kier alpha value is -3.97. The highest BCUT2D eigenvalue weighted by Gasteiger charge is 2.23. The van der Waals surface area contributed by atoms with Gasteiger partial charge >= 0.3 is 5.97 Å². The molecule has 7 nitrogen and oxygen atoms in total. The third-order valence-corrected chi connectivity index (χ3v) is 7.15. The molecule has 3 N–H and O–H groups in total. The van der Waals surface area contributed by atoms with Crippen LogP contribution < -0.4 is 20.5 Å². The van der Waals surface area contributed by atoms with Gasteiger partial charge in [0.1, 0.15) is 23.9 Å². The van der Waals surface area contributed by atoms with E-state index in [4.69, 9.17) is 24.4 Å². The van der Waals surface area contributed by atoms with Crippen LogP contribution in [0.5, 0.6) is 11.5 Å². The van der Waals surface area contributed by atoms with Crippen LogP contribution in [-0.4, -0.2) is 26.2 Å². The van der Waals surface area contributed by atoms with E-state index in [9.17, 15) is 4.79 Å². The third kappa shape index (κ3) is 6.20. The monoisotopic (exact) mass is 528 g/mol. The summed E-state index contributed by atoms with van der Waals surface area (Å²) in [6.45, 7) is 5.78. The van der Waals surface area contributed by atoms with Gasteiger partial charge in [-0.1, -0.05) is 24.3 Å². The normalized spacial score (nSPS) is 12.9. The smallest absolute Gasteiger partial charge is 0.310 e. The largest absolute Gasteiger partial charge is 0.497 e. The van der Waals surface area contributed by atoms with Gasteiger partial charge in [0.15, 0.2) is 5.58 Å². The lowest BCUT2D eigenvalue weighted by Gasteiger charge is -2.14. The maximum absolute atomic E-state index is 12.2. The van der Waals surface area contributed by atoms with Crippen LogP contribution in [0.25, 0.3) is 22.1 Å². The second-order valence-corrected chi connectivity index (χ2v) is 10.0. The fourth-order valence-electron chi connectivity index (χ4n) is 4.76. The van der Waals surface area contributed by atoms with E-state index in [1.807, 2.05) is 31.2 Å². The minimum absolute atomic E-state index is 0.120. The van der Waals surface area contributed by atoms with Crippen molar-refractivity contribution < 1.29 is 23.4 Å². The summed E-state index contributed by atoms with van der Waals surface area (Å²) < 4.78 is 23.2. The molecule has 0 radical (unpaired) electrons. The first-order chi connectivity index (χ1) is 19.0. The van der Waals surface area contributed by atoms with Gasteiger partial charge in [0.2, 0.25) is 0 Å². The predicted molar refractivity (Wildman–Crippen MR) is 153 cm³/mol. The van der Waals surface area contributed by atoms with E-state index in [1.165, 1.54) is 12.8 Å². The first-order valence-corrected chi connectivity index (χ1v) is 13.5. The summed E-state index contributed by atoms with van der Waals surface area (Å²) in [4.78, 5) is 12.2. The van der Waals surface area contributed by atoms with E-state index in [-0.39, 0.29) is 19.0 Å². The van der Waals surface area contributed by atoms with Crippen LogP contribution in [0.4, 0.5) is 5.69 Å².